The summed E-state index contributed by atoms with van der Waals surface area (Å²) in [5, 5.41) is 11.0. The number of aliphatic hydroxyl groups is 1. The van der Waals surface area contributed by atoms with E-state index in [-0.39, 0.29) is 13.6 Å². The van der Waals surface area contributed by atoms with Crippen molar-refractivity contribution >= 4 is 12.2 Å². The van der Waals surface area contributed by atoms with Crippen molar-refractivity contribution in [2.45, 2.75) is 6.10 Å². The number of rotatable bonds is 2. The predicted molar refractivity (Wildman–Crippen MR) is 105 cm³/mol. The van der Waals surface area contributed by atoms with Gasteiger partial charge in [0.15, 0.2) is 23.0 Å². The molecule has 0 spiro atoms. The summed E-state index contributed by atoms with van der Waals surface area (Å²) in [7, 11) is 2.05. The quantitative estimate of drug-likeness (QED) is 0.866. The number of ether oxygens (including phenoxy) is 4. The number of hydrogen-bond donors (Lipinski definition) is 1. The topological polar surface area (TPSA) is 60.4 Å². The third kappa shape index (κ3) is 3.21. The maximum absolute atomic E-state index is 11.0. The van der Waals surface area contributed by atoms with Gasteiger partial charge in [-0.05, 0) is 53.6 Å². The van der Waals surface area contributed by atoms with Crippen molar-refractivity contribution in [3.8, 4) is 23.0 Å². The summed E-state index contributed by atoms with van der Waals surface area (Å²) in [5.74, 6) is 2.99. The Hall–Kier alpha value is -2.96. The average molecular weight is 379 g/mol. The second kappa shape index (κ2) is 6.89. The molecule has 1 N–H and O–H groups in total. The normalized spacial score (nSPS) is 23.6. The summed E-state index contributed by atoms with van der Waals surface area (Å²) in [6.45, 7) is 1.91. The number of hydrogen-bond acceptors (Lipinski definition) is 6. The maximum atomic E-state index is 11.0. The molecule has 5 rings (SSSR count). The van der Waals surface area contributed by atoms with Crippen molar-refractivity contribution in [1.82, 2.24) is 4.90 Å². The van der Waals surface area contributed by atoms with Crippen molar-refractivity contribution in [3.63, 3.8) is 0 Å². The first kappa shape index (κ1) is 17.2. The van der Waals surface area contributed by atoms with E-state index in [1.165, 1.54) is 0 Å². The summed E-state index contributed by atoms with van der Waals surface area (Å²) >= 11 is 0. The van der Waals surface area contributed by atoms with Crippen LogP contribution in [0, 0.1) is 0 Å². The number of nitrogens with zero attached hydrogens (tertiary/aromatic N) is 1. The number of fused-ring (bicyclic) bond motifs is 2. The zero-order valence-electron chi connectivity index (χ0n) is 15.6. The van der Waals surface area contributed by atoms with Gasteiger partial charge in [0.05, 0.1) is 6.10 Å². The van der Waals surface area contributed by atoms with Gasteiger partial charge in [0.1, 0.15) is 0 Å². The Kier molecular flexibility index (Phi) is 4.22. The monoisotopic (exact) mass is 379 g/mol. The number of likely N-dealkylation sites (tertiary alicyclic amines) is 1. The van der Waals surface area contributed by atoms with Gasteiger partial charge < -0.3 is 24.1 Å². The summed E-state index contributed by atoms with van der Waals surface area (Å²) in [6.07, 6.45) is 3.41. The van der Waals surface area contributed by atoms with Gasteiger partial charge in [0.2, 0.25) is 13.6 Å². The Labute approximate surface area is 163 Å². The minimum absolute atomic E-state index is 0.253. The van der Waals surface area contributed by atoms with Crippen LogP contribution < -0.4 is 18.9 Å². The third-order valence-corrected chi connectivity index (χ3v) is 5.10. The first-order chi connectivity index (χ1) is 13.7. The van der Waals surface area contributed by atoms with Gasteiger partial charge in [-0.1, -0.05) is 24.3 Å². The lowest BCUT2D eigenvalue weighted by Crippen LogP contribution is -2.37. The highest BCUT2D eigenvalue weighted by molar-refractivity contribution is 5.65. The molecule has 0 unspecified atom stereocenters. The smallest absolute Gasteiger partial charge is 0.231 e. The molecule has 144 valence electrons. The predicted octanol–water partition coefficient (Wildman–Crippen LogP) is 2.92. The second-order valence-corrected chi connectivity index (χ2v) is 7.24. The van der Waals surface area contributed by atoms with E-state index in [4.69, 9.17) is 18.9 Å². The van der Waals surface area contributed by atoms with Gasteiger partial charge in [0.25, 0.3) is 0 Å². The van der Waals surface area contributed by atoms with E-state index in [0.29, 0.717) is 13.1 Å². The van der Waals surface area contributed by atoms with Crippen LogP contribution in [0.2, 0.25) is 0 Å². The molecule has 3 aliphatic heterocycles. The molecule has 3 heterocycles. The molecule has 1 fully saturated rings. The number of piperidine rings is 1. The molecule has 0 radical (unpaired) electrons. The molecular formula is C22H21NO5. The van der Waals surface area contributed by atoms with Gasteiger partial charge in [-0.2, -0.15) is 0 Å². The number of likely N-dealkylation sites (N-methyl/N-ethyl adjacent to an activating group) is 1. The lowest BCUT2D eigenvalue weighted by molar-refractivity contribution is 0.173. The fourth-order valence-corrected chi connectivity index (χ4v) is 3.77. The standard InChI is InChI=1S/C22H21NO5/c1-23-10-16(6-14-2-4-18-20(8-14)27-12-25-18)22(24)17(11-23)7-15-3-5-19-21(9-15)28-13-26-19/h2-9,22,24H,10-13H2,1H3/b16-6+,17-7+. The molecule has 2 aromatic rings. The Morgan fingerprint density at radius 3 is 1.75 bits per heavy atom. The van der Waals surface area contributed by atoms with Crippen LogP contribution in [0.1, 0.15) is 11.1 Å². The van der Waals surface area contributed by atoms with Crippen LogP contribution in [0.4, 0.5) is 0 Å². The van der Waals surface area contributed by atoms with Gasteiger partial charge in [-0.25, -0.2) is 0 Å². The van der Waals surface area contributed by atoms with Gasteiger partial charge >= 0.3 is 0 Å². The first-order valence-electron chi connectivity index (χ1n) is 9.22. The molecular weight excluding hydrogens is 358 g/mol. The molecule has 0 bridgehead atoms. The van der Waals surface area contributed by atoms with Crippen molar-refractivity contribution in [2.75, 3.05) is 33.7 Å². The molecule has 28 heavy (non-hydrogen) atoms. The van der Waals surface area contributed by atoms with Crippen LogP contribution in [0.25, 0.3) is 12.2 Å². The van der Waals surface area contributed by atoms with Crippen LogP contribution in [-0.4, -0.2) is 49.8 Å². The summed E-state index contributed by atoms with van der Waals surface area (Å²) in [5.41, 5.74) is 3.85. The summed E-state index contributed by atoms with van der Waals surface area (Å²) in [4.78, 5) is 2.18. The minimum atomic E-state index is -0.632. The summed E-state index contributed by atoms with van der Waals surface area (Å²) < 4.78 is 21.6. The number of benzene rings is 2. The minimum Gasteiger partial charge on any atom is -0.454 e. The van der Waals surface area contributed by atoms with Crippen LogP contribution in [0.5, 0.6) is 23.0 Å². The molecule has 0 saturated carbocycles. The van der Waals surface area contributed by atoms with Gasteiger partial charge in [0, 0.05) is 13.1 Å². The van der Waals surface area contributed by atoms with Crippen LogP contribution >= 0.6 is 0 Å². The second-order valence-electron chi connectivity index (χ2n) is 7.24. The molecule has 2 aromatic carbocycles. The van der Waals surface area contributed by atoms with E-state index in [9.17, 15) is 5.11 Å². The molecule has 0 amide bonds. The van der Waals surface area contributed by atoms with Gasteiger partial charge in [-0.15, -0.1) is 0 Å². The molecule has 6 nitrogen and oxygen atoms in total. The van der Waals surface area contributed by atoms with Crippen LogP contribution in [-0.2, 0) is 0 Å². The Morgan fingerprint density at radius 2 is 1.25 bits per heavy atom. The van der Waals surface area contributed by atoms with Crippen molar-refractivity contribution in [2.24, 2.45) is 0 Å². The van der Waals surface area contributed by atoms with Crippen molar-refractivity contribution in [3.05, 3.63) is 58.7 Å². The van der Waals surface area contributed by atoms with Crippen molar-refractivity contribution in [1.29, 1.82) is 0 Å². The van der Waals surface area contributed by atoms with E-state index in [2.05, 4.69) is 4.90 Å². The fraction of sp³-hybridized carbons (Fsp3) is 0.273. The van der Waals surface area contributed by atoms with Crippen LogP contribution in [0.3, 0.4) is 0 Å². The lowest BCUT2D eigenvalue weighted by atomic mass is 9.93. The fourth-order valence-electron chi connectivity index (χ4n) is 3.77. The SMILES string of the molecule is CN1C/C(=C\c2ccc3c(c2)OCO3)C(O)/C(=C/c2ccc3c(c2)OCO3)C1. The molecule has 0 aromatic heterocycles. The molecule has 6 heteroatoms. The average Bonchev–Trinajstić information content (AvgIpc) is 3.33. The molecule has 0 aliphatic carbocycles. The first-order valence-corrected chi connectivity index (χ1v) is 9.22. The highest BCUT2D eigenvalue weighted by atomic mass is 16.7. The largest absolute Gasteiger partial charge is 0.454 e. The van der Waals surface area contributed by atoms with E-state index in [0.717, 1.165) is 45.3 Å². The maximum Gasteiger partial charge on any atom is 0.231 e. The summed E-state index contributed by atoms with van der Waals surface area (Å²) in [6, 6.07) is 11.6. The van der Waals surface area contributed by atoms with E-state index in [1.807, 2.05) is 55.6 Å². The third-order valence-electron chi connectivity index (χ3n) is 5.10. The van der Waals surface area contributed by atoms with E-state index in [1.54, 1.807) is 0 Å². The van der Waals surface area contributed by atoms with Gasteiger partial charge in [-0.3, -0.25) is 4.90 Å². The van der Waals surface area contributed by atoms with E-state index >= 15 is 0 Å². The molecule has 3 aliphatic rings. The highest BCUT2D eigenvalue weighted by Gasteiger charge is 2.25. The Balaban J connectivity index is 1.44. The Bertz CT molecular complexity index is 903. The molecule has 0 atom stereocenters. The highest BCUT2D eigenvalue weighted by Crippen LogP contribution is 2.35. The zero-order valence-corrected chi connectivity index (χ0v) is 15.6. The number of aliphatic hydroxyl groups excluding tert-OH is 1. The zero-order chi connectivity index (χ0) is 19.1. The lowest BCUT2D eigenvalue weighted by Gasteiger charge is -2.31. The van der Waals surface area contributed by atoms with E-state index < -0.39 is 6.10 Å². The Morgan fingerprint density at radius 1 is 0.786 bits per heavy atom. The van der Waals surface area contributed by atoms with Crippen molar-refractivity contribution < 1.29 is 24.1 Å². The molecule has 1 saturated heterocycles. The van der Waals surface area contributed by atoms with Crippen LogP contribution in [0.15, 0.2) is 47.5 Å².